The molecule has 1 unspecified atom stereocenters. The van der Waals surface area contributed by atoms with Gasteiger partial charge in [-0.3, -0.25) is 9.79 Å². The van der Waals surface area contributed by atoms with E-state index in [1.165, 1.54) is 7.11 Å². The number of unbranched alkanes of at least 4 members (excludes halogenated alkanes) is 2. The lowest BCUT2D eigenvalue weighted by molar-refractivity contribution is -0.142. The number of nitrogens with zero attached hydrogens (tertiary/aromatic N) is 1. The van der Waals surface area contributed by atoms with E-state index in [9.17, 15) is 9.59 Å². The Hall–Kier alpha value is -1.62. The number of methoxy groups -OCH3 is 1. The lowest BCUT2D eigenvalue weighted by Gasteiger charge is -2.21. The Kier molecular flexibility index (Phi) is 6.19. The number of carbonyl (C=O) groups excluding carboxylic acids is 2. The van der Waals surface area contributed by atoms with Gasteiger partial charge in [0.15, 0.2) is 11.2 Å². The normalized spacial score (nSPS) is 16.6. The SMILES string of the molecule is CCCCCC(=O)SC1=NC(C(=O)OC)Cc2ccccc21. The summed E-state index contributed by atoms with van der Waals surface area (Å²) in [5.74, 6) is -0.356. The van der Waals surface area contributed by atoms with Crippen LogP contribution in [0, 0.1) is 0 Å². The van der Waals surface area contributed by atoms with E-state index in [0.29, 0.717) is 17.9 Å². The fraction of sp³-hybridized carbons (Fsp3) is 0.471. The highest BCUT2D eigenvalue weighted by atomic mass is 32.2. The number of aliphatic imine (C=N–C) groups is 1. The molecular weight excluding hydrogens is 298 g/mol. The number of esters is 1. The van der Waals surface area contributed by atoms with Crippen molar-refractivity contribution < 1.29 is 14.3 Å². The van der Waals surface area contributed by atoms with E-state index < -0.39 is 6.04 Å². The van der Waals surface area contributed by atoms with Crippen molar-refractivity contribution in [1.29, 1.82) is 0 Å². The van der Waals surface area contributed by atoms with Gasteiger partial charge in [0.05, 0.1) is 7.11 Å². The number of hydrogen-bond donors (Lipinski definition) is 0. The van der Waals surface area contributed by atoms with Crippen LogP contribution in [0.4, 0.5) is 0 Å². The Labute approximate surface area is 135 Å². The van der Waals surface area contributed by atoms with E-state index in [0.717, 1.165) is 42.2 Å². The lowest BCUT2D eigenvalue weighted by atomic mass is 9.98. The van der Waals surface area contributed by atoms with Crippen molar-refractivity contribution in [3.05, 3.63) is 35.4 Å². The Morgan fingerprint density at radius 2 is 2.09 bits per heavy atom. The van der Waals surface area contributed by atoms with Crippen molar-refractivity contribution in [1.82, 2.24) is 0 Å². The number of thioether (sulfide) groups is 1. The maximum Gasteiger partial charge on any atom is 0.330 e. The first kappa shape index (κ1) is 16.7. The summed E-state index contributed by atoms with van der Waals surface area (Å²) >= 11 is 1.15. The van der Waals surface area contributed by atoms with E-state index in [1.807, 2.05) is 24.3 Å². The molecule has 1 atom stereocenters. The smallest absolute Gasteiger partial charge is 0.330 e. The monoisotopic (exact) mass is 319 g/mol. The highest BCUT2D eigenvalue weighted by Crippen LogP contribution is 2.27. The number of ether oxygens (including phenoxy) is 1. The van der Waals surface area contributed by atoms with Gasteiger partial charge in [0, 0.05) is 18.4 Å². The molecule has 0 aliphatic carbocycles. The summed E-state index contributed by atoms with van der Waals surface area (Å²) in [6.45, 7) is 2.11. The zero-order valence-corrected chi connectivity index (χ0v) is 13.8. The summed E-state index contributed by atoms with van der Waals surface area (Å²) in [6.07, 6.45) is 4.11. The highest BCUT2D eigenvalue weighted by Gasteiger charge is 2.27. The van der Waals surface area contributed by atoms with Crippen LogP contribution < -0.4 is 0 Å². The topological polar surface area (TPSA) is 55.7 Å². The second-order valence-electron chi connectivity index (χ2n) is 5.27. The minimum Gasteiger partial charge on any atom is -0.467 e. The highest BCUT2D eigenvalue weighted by molar-refractivity contribution is 8.26. The number of carbonyl (C=O) groups is 2. The average molecular weight is 319 g/mol. The minimum atomic E-state index is -0.550. The van der Waals surface area contributed by atoms with Crippen LogP contribution in [-0.2, 0) is 20.7 Å². The van der Waals surface area contributed by atoms with Gasteiger partial charge < -0.3 is 4.74 Å². The summed E-state index contributed by atoms with van der Waals surface area (Å²) in [6, 6.07) is 7.24. The second-order valence-corrected chi connectivity index (χ2v) is 6.31. The van der Waals surface area contributed by atoms with Crippen molar-refractivity contribution in [2.24, 2.45) is 4.99 Å². The summed E-state index contributed by atoms with van der Waals surface area (Å²) < 4.78 is 4.80. The van der Waals surface area contributed by atoms with E-state index in [-0.39, 0.29) is 11.1 Å². The Morgan fingerprint density at radius 1 is 1.32 bits per heavy atom. The standard InChI is InChI=1S/C17H21NO3S/c1-3-4-5-10-15(19)22-16-13-9-7-6-8-12(13)11-14(18-16)17(20)21-2/h6-9,14H,3-5,10-11H2,1-2H3. The van der Waals surface area contributed by atoms with Gasteiger partial charge in [-0.15, -0.1) is 0 Å². The molecule has 0 fully saturated rings. The third kappa shape index (κ3) is 4.19. The van der Waals surface area contributed by atoms with Gasteiger partial charge >= 0.3 is 5.97 Å². The number of benzene rings is 1. The molecule has 2 rings (SSSR count). The van der Waals surface area contributed by atoms with Gasteiger partial charge in [0.2, 0.25) is 0 Å². The third-order valence-corrected chi connectivity index (χ3v) is 4.55. The molecule has 0 bridgehead atoms. The van der Waals surface area contributed by atoms with E-state index in [1.54, 1.807) is 0 Å². The maximum atomic E-state index is 12.1. The summed E-state index contributed by atoms with van der Waals surface area (Å²) in [5.41, 5.74) is 1.99. The Morgan fingerprint density at radius 3 is 2.82 bits per heavy atom. The Bertz CT molecular complexity index is 583. The van der Waals surface area contributed by atoms with Crippen molar-refractivity contribution in [3.8, 4) is 0 Å². The fourth-order valence-corrected chi connectivity index (χ4v) is 3.35. The number of hydrogen-bond acceptors (Lipinski definition) is 5. The van der Waals surface area contributed by atoms with Crippen molar-refractivity contribution in [2.75, 3.05) is 7.11 Å². The fourth-order valence-electron chi connectivity index (χ4n) is 2.40. The molecule has 4 nitrogen and oxygen atoms in total. The predicted molar refractivity (Wildman–Crippen MR) is 89.2 cm³/mol. The molecule has 22 heavy (non-hydrogen) atoms. The van der Waals surface area contributed by atoms with Crippen LogP contribution in [0.3, 0.4) is 0 Å². The van der Waals surface area contributed by atoms with Gasteiger partial charge in [0.25, 0.3) is 0 Å². The molecule has 1 aliphatic rings. The molecule has 0 saturated heterocycles. The van der Waals surface area contributed by atoms with Gasteiger partial charge in [-0.1, -0.05) is 44.0 Å². The van der Waals surface area contributed by atoms with Gasteiger partial charge in [-0.2, -0.15) is 0 Å². The van der Waals surface area contributed by atoms with Gasteiger partial charge in [-0.25, -0.2) is 4.79 Å². The molecule has 0 spiro atoms. The van der Waals surface area contributed by atoms with E-state index in [4.69, 9.17) is 4.74 Å². The molecule has 0 saturated carbocycles. The summed E-state index contributed by atoms with van der Waals surface area (Å²) in [4.78, 5) is 28.3. The van der Waals surface area contributed by atoms with Crippen LogP contribution in [0.5, 0.6) is 0 Å². The van der Waals surface area contributed by atoms with E-state index in [2.05, 4.69) is 11.9 Å². The van der Waals surface area contributed by atoms with Crippen LogP contribution in [0.1, 0.15) is 43.7 Å². The molecule has 1 aliphatic heterocycles. The molecule has 1 heterocycles. The average Bonchev–Trinajstić information content (AvgIpc) is 2.54. The van der Waals surface area contributed by atoms with Gasteiger partial charge in [0.1, 0.15) is 5.04 Å². The van der Waals surface area contributed by atoms with Crippen LogP contribution in [0.15, 0.2) is 29.3 Å². The first-order valence-corrected chi connectivity index (χ1v) is 8.42. The van der Waals surface area contributed by atoms with Gasteiger partial charge in [-0.05, 0) is 23.7 Å². The summed E-state index contributed by atoms with van der Waals surface area (Å²) in [7, 11) is 1.36. The molecule has 0 amide bonds. The maximum absolute atomic E-state index is 12.1. The second kappa shape index (κ2) is 8.13. The summed E-state index contributed by atoms with van der Waals surface area (Å²) in [5, 5.41) is 0.742. The zero-order chi connectivity index (χ0) is 15.9. The first-order chi connectivity index (χ1) is 10.7. The van der Waals surface area contributed by atoms with Crippen molar-refractivity contribution >= 4 is 27.9 Å². The predicted octanol–water partition coefficient (Wildman–Crippen LogP) is 3.37. The molecule has 5 heteroatoms. The minimum absolute atomic E-state index is 0.104. The van der Waals surface area contributed by atoms with Crippen LogP contribution in [0.25, 0.3) is 0 Å². The van der Waals surface area contributed by atoms with Crippen molar-refractivity contribution in [2.45, 2.75) is 45.1 Å². The number of rotatable bonds is 5. The molecule has 118 valence electrons. The Balaban J connectivity index is 2.16. The zero-order valence-electron chi connectivity index (χ0n) is 13.0. The van der Waals surface area contributed by atoms with Crippen molar-refractivity contribution in [3.63, 3.8) is 0 Å². The molecule has 0 N–H and O–H groups in total. The van der Waals surface area contributed by atoms with Crippen LogP contribution >= 0.6 is 11.8 Å². The number of fused-ring (bicyclic) bond motifs is 1. The quantitative estimate of drug-likeness (QED) is 0.617. The van der Waals surface area contributed by atoms with Crippen LogP contribution in [-0.4, -0.2) is 29.3 Å². The molecular formula is C17H21NO3S. The molecule has 0 radical (unpaired) electrons. The van der Waals surface area contributed by atoms with Crippen LogP contribution in [0.2, 0.25) is 0 Å². The van der Waals surface area contributed by atoms with E-state index >= 15 is 0 Å². The molecule has 1 aromatic carbocycles. The largest absolute Gasteiger partial charge is 0.467 e. The molecule has 1 aromatic rings. The third-order valence-electron chi connectivity index (χ3n) is 3.60. The lowest BCUT2D eigenvalue weighted by Crippen LogP contribution is -2.28. The first-order valence-electron chi connectivity index (χ1n) is 7.60. The molecule has 0 aromatic heterocycles.